The average molecular weight is 238 g/mol. The first kappa shape index (κ1) is 13.4. The van der Waals surface area contributed by atoms with Gasteiger partial charge in [-0.3, -0.25) is 0 Å². The molecular weight excluding hydrogens is 208 g/mol. The molecule has 2 rings (SSSR count). The van der Waals surface area contributed by atoms with Crippen molar-refractivity contribution in [2.75, 3.05) is 26.7 Å². The van der Waals surface area contributed by atoms with E-state index in [-0.39, 0.29) is 0 Å². The fourth-order valence-electron chi connectivity index (χ4n) is 3.66. The van der Waals surface area contributed by atoms with E-state index in [9.17, 15) is 0 Å². The Balaban J connectivity index is 1.77. The number of nitrogens with zero attached hydrogens (tertiary/aromatic N) is 1. The van der Waals surface area contributed by atoms with Crippen LogP contribution in [0.5, 0.6) is 0 Å². The normalized spacial score (nSPS) is 37.2. The number of nitrogens with one attached hydrogen (secondary N) is 1. The maximum Gasteiger partial charge on any atom is 0.00979 e. The minimum absolute atomic E-state index is 0.900. The second-order valence-corrected chi connectivity index (χ2v) is 6.46. The van der Waals surface area contributed by atoms with Crippen molar-refractivity contribution in [3.05, 3.63) is 0 Å². The Kier molecular flexibility index (Phi) is 4.87. The molecule has 1 aliphatic heterocycles. The van der Waals surface area contributed by atoms with E-state index in [1.165, 1.54) is 51.7 Å². The minimum atomic E-state index is 0.900. The average Bonchev–Trinajstić information content (AvgIpc) is 2.34. The third-order valence-corrected chi connectivity index (χ3v) is 5.23. The van der Waals surface area contributed by atoms with Crippen LogP contribution in [0.3, 0.4) is 0 Å². The van der Waals surface area contributed by atoms with E-state index in [1.807, 2.05) is 0 Å². The molecule has 0 amide bonds. The second kappa shape index (κ2) is 6.19. The van der Waals surface area contributed by atoms with Crippen LogP contribution >= 0.6 is 0 Å². The Morgan fingerprint density at radius 3 is 2.29 bits per heavy atom. The zero-order valence-corrected chi connectivity index (χ0v) is 11.9. The SMILES string of the molecule is CNCC1CCN(C2CCC(C)C(C)C2)CC1. The molecule has 100 valence electrons. The highest BCUT2D eigenvalue weighted by Gasteiger charge is 2.30. The van der Waals surface area contributed by atoms with Gasteiger partial charge in [-0.25, -0.2) is 0 Å². The van der Waals surface area contributed by atoms with Crippen LogP contribution in [0.1, 0.15) is 46.0 Å². The molecule has 0 aromatic rings. The number of likely N-dealkylation sites (tertiary alicyclic amines) is 1. The van der Waals surface area contributed by atoms with Crippen molar-refractivity contribution in [3.8, 4) is 0 Å². The molecule has 1 saturated heterocycles. The van der Waals surface area contributed by atoms with Crippen LogP contribution in [0.25, 0.3) is 0 Å². The minimum Gasteiger partial charge on any atom is -0.319 e. The van der Waals surface area contributed by atoms with Crippen LogP contribution in [0, 0.1) is 17.8 Å². The Morgan fingerprint density at radius 2 is 1.71 bits per heavy atom. The Hall–Kier alpha value is -0.0800. The highest BCUT2D eigenvalue weighted by Crippen LogP contribution is 2.33. The lowest BCUT2D eigenvalue weighted by atomic mass is 9.78. The summed E-state index contributed by atoms with van der Waals surface area (Å²) in [5.41, 5.74) is 0. The molecule has 0 radical (unpaired) electrons. The van der Waals surface area contributed by atoms with Crippen molar-refractivity contribution < 1.29 is 0 Å². The molecular formula is C15H30N2. The number of hydrogen-bond donors (Lipinski definition) is 1. The standard InChI is InChI=1S/C15H30N2/c1-12-4-5-15(10-13(12)2)17-8-6-14(7-9-17)11-16-3/h12-16H,4-11H2,1-3H3. The summed E-state index contributed by atoms with van der Waals surface area (Å²) in [5, 5.41) is 3.33. The fraction of sp³-hybridized carbons (Fsp3) is 1.00. The van der Waals surface area contributed by atoms with Gasteiger partial charge < -0.3 is 10.2 Å². The third kappa shape index (κ3) is 3.45. The van der Waals surface area contributed by atoms with E-state index in [4.69, 9.17) is 0 Å². The molecule has 0 aromatic heterocycles. The molecule has 2 fully saturated rings. The second-order valence-electron chi connectivity index (χ2n) is 6.46. The summed E-state index contributed by atoms with van der Waals surface area (Å²) in [7, 11) is 2.08. The molecule has 0 spiro atoms. The van der Waals surface area contributed by atoms with Gasteiger partial charge >= 0.3 is 0 Å². The fourth-order valence-corrected chi connectivity index (χ4v) is 3.66. The third-order valence-electron chi connectivity index (χ3n) is 5.23. The van der Waals surface area contributed by atoms with E-state index in [1.54, 1.807) is 0 Å². The molecule has 2 aliphatic rings. The van der Waals surface area contributed by atoms with Gasteiger partial charge in [-0.2, -0.15) is 0 Å². The van der Waals surface area contributed by atoms with Crippen molar-refractivity contribution in [2.24, 2.45) is 17.8 Å². The highest BCUT2D eigenvalue weighted by atomic mass is 15.2. The maximum atomic E-state index is 3.33. The van der Waals surface area contributed by atoms with Gasteiger partial charge in [-0.05, 0) is 76.5 Å². The van der Waals surface area contributed by atoms with Crippen molar-refractivity contribution in [2.45, 2.75) is 52.0 Å². The molecule has 1 heterocycles. The summed E-state index contributed by atoms with van der Waals surface area (Å²) in [4.78, 5) is 2.79. The van der Waals surface area contributed by atoms with E-state index in [2.05, 4.69) is 31.1 Å². The Labute approximate surface area is 107 Å². The lowest BCUT2D eigenvalue weighted by molar-refractivity contribution is 0.0762. The smallest absolute Gasteiger partial charge is 0.00979 e. The van der Waals surface area contributed by atoms with Gasteiger partial charge in [0, 0.05) is 6.04 Å². The zero-order valence-electron chi connectivity index (χ0n) is 11.9. The molecule has 17 heavy (non-hydrogen) atoms. The lowest BCUT2D eigenvalue weighted by Gasteiger charge is -2.42. The van der Waals surface area contributed by atoms with Gasteiger partial charge in [-0.1, -0.05) is 13.8 Å². The van der Waals surface area contributed by atoms with Gasteiger partial charge in [0.15, 0.2) is 0 Å². The molecule has 2 nitrogen and oxygen atoms in total. The molecule has 3 unspecified atom stereocenters. The van der Waals surface area contributed by atoms with Gasteiger partial charge in [0.2, 0.25) is 0 Å². The zero-order chi connectivity index (χ0) is 12.3. The first-order chi connectivity index (χ1) is 8.20. The molecule has 1 N–H and O–H groups in total. The number of rotatable bonds is 3. The number of piperidine rings is 1. The summed E-state index contributed by atoms with van der Waals surface area (Å²) < 4.78 is 0. The predicted molar refractivity (Wildman–Crippen MR) is 74.2 cm³/mol. The molecule has 1 saturated carbocycles. The summed E-state index contributed by atoms with van der Waals surface area (Å²) in [6, 6.07) is 0.900. The largest absolute Gasteiger partial charge is 0.319 e. The van der Waals surface area contributed by atoms with E-state index in [0.29, 0.717) is 0 Å². The summed E-state index contributed by atoms with van der Waals surface area (Å²) in [6.45, 7) is 8.78. The lowest BCUT2D eigenvalue weighted by Crippen LogP contribution is -2.45. The monoisotopic (exact) mass is 238 g/mol. The van der Waals surface area contributed by atoms with Crippen molar-refractivity contribution >= 4 is 0 Å². The van der Waals surface area contributed by atoms with Crippen LogP contribution in [0.15, 0.2) is 0 Å². The maximum absolute atomic E-state index is 3.33. The number of hydrogen-bond acceptors (Lipinski definition) is 2. The molecule has 3 atom stereocenters. The molecule has 1 aliphatic carbocycles. The summed E-state index contributed by atoms with van der Waals surface area (Å²) in [6.07, 6.45) is 7.14. The van der Waals surface area contributed by atoms with Crippen molar-refractivity contribution in [1.29, 1.82) is 0 Å². The van der Waals surface area contributed by atoms with Gasteiger partial charge in [0.05, 0.1) is 0 Å². The van der Waals surface area contributed by atoms with E-state index in [0.717, 1.165) is 23.8 Å². The van der Waals surface area contributed by atoms with E-state index >= 15 is 0 Å². The molecule has 0 bridgehead atoms. The summed E-state index contributed by atoms with van der Waals surface area (Å²) >= 11 is 0. The Morgan fingerprint density at radius 1 is 1.00 bits per heavy atom. The van der Waals surface area contributed by atoms with Crippen molar-refractivity contribution in [3.63, 3.8) is 0 Å². The van der Waals surface area contributed by atoms with Crippen LogP contribution in [0.4, 0.5) is 0 Å². The van der Waals surface area contributed by atoms with Crippen LogP contribution in [-0.2, 0) is 0 Å². The quantitative estimate of drug-likeness (QED) is 0.813. The van der Waals surface area contributed by atoms with Crippen LogP contribution in [0.2, 0.25) is 0 Å². The van der Waals surface area contributed by atoms with Gasteiger partial charge in [-0.15, -0.1) is 0 Å². The topological polar surface area (TPSA) is 15.3 Å². The molecule has 2 heteroatoms. The van der Waals surface area contributed by atoms with Crippen molar-refractivity contribution in [1.82, 2.24) is 10.2 Å². The summed E-state index contributed by atoms with van der Waals surface area (Å²) in [5.74, 6) is 2.81. The predicted octanol–water partition coefficient (Wildman–Crippen LogP) is 2.74. The van der Waals surface area contributed by atoms with Crippen LogP contribution < -0.4 is 5.32 Å². The van der Waals surface area contributed by atoms with E-state index < -0.39 is 0 Å². The van der Waals surface area contributed by atoms with Crippen LogP contribution in [-0.4, -0.2) is 37.6 Å². The van der Waals surface area contributed by atoms with Gasteiger partial charge in [0.25, 0.3) is 0 Å². The first-order valence-electron chi connectivity index (χ1n) is 7.59. The molecule has 0 aromatic carbocycles. The Bertz CT molecular complexity index is 221. The first-order valence-corrected chi connectivity index (χ1v) is 7.59. The highest BCUT2D eigenvalue weighted by molar-refractivity contribution is 4.85. The van der Waals surface area contributed by atoms with Gasteiger partial charge in [0.1, 0.15) is 0 Å².